The van der Waals surface area contributed by atoms with Gasteiger partial charge in [0.05, 0.1) is 11.8 Å². The summed E-state index contributed by atoms with van der Waals surface area (Å²) >= 11 is 0. The van der Waals surface area contributed by atoms with Crippen LogP contribution in [0.2, 0.25) is 0 Å². The van der Waals surface area contributed by atoms with E-state index in [2.05, 4.69) is 16.9 Å². The molecule has 1 aromatic heterocycles. The summed E-state index contributed by atoms with van der Waals surface area (Å²) < 4.78 is 1.50. The lowest BCUT2D eigenvalue weighted by Gasteiger charge is -1.93. The van der Waals surface area contributed by atoms with E-state index >= 15 is 0 Å². The van der Waals surface area contributed by atoms with Crippen molar-refractivity contribution in [2.75, 3.05) is 0 Å². The quantitative estimate of drug-likeness (QED) is 0.853. The molecule has 0 unspecified atom stereocenters. The molecule has 0 aliphatic rings. The number of rotatable bonds is 2. The van der Waals surface area contributed by atoms with E-state index in [4.69, 9.17) is 5.11 Å². The maximum Gasteiger partial charge on any atom is 0.338 e. The van der Waals surface area contributed by atoms with E-state index in [1.807, 2.05) is 58.9 Å². The molecule has 0 fully saturated rings. The maximum atomic E-state index is 10.7. The predicted octanol–water partition coefficient (Wildman–Crippen LogP) is 3.99. The lowest BCUT2D eigenvalue weighted by molar-refractivity contribution is 0.0697. The Labute approximate surface area is 132 Å². The predicted molar refractivity (Wildman–Crippen MR) is 89.9 cm³/mol. The molecule has 0 atom stereocenters. The zero-order valence-corrected chi connectivity index (χ0v) is 13.9. The molecule has 1 aromatic carbocycles. The molecule has 2 aromatic rings. The molecule has 4 nitrogen and oxygen atoms in total. The molecule has 4 heteroatoms. The molecule has 0 radical (unpaired) electrons. The van der Waals surface area contributed by atoms with Gasteiger partial charge in [-0.25, -0.2) is 4.79 Å². The average Bonchev–Trinajstić information content (AvgIpc) is 3.02. The molecular formula is C18H24N2O2. The third-order valence-electron chi connectivity index (χ3n) is 2.41. The van der Waals surface area contributed by atoms with Crippen molar-refractivity contribution < 1.29 is 9.90 Å². The van der Waals surface area contributed by atoms with Crippen molar-refractivity contribution >= 4 is 5.97 Å². The zero-order chi connectivity index (χ0) is 17.0. The second-order valence-electron chi connectivity index (χ2n) is 3.90. The molecule has 118 valence electrons. The van der Waals surface area contributed by atoms with Crippen LogP contribution in [0.25, 0.3) is 0 Å². The number of aromatic nitrogens is 2. The van der Waals surface area contributed by atoms with Crippen LogP contribution in [0.4, 0.5) is 0 Å². The first-order valence-corrected chi connectivity index (χ1v) is 7.46. The summed E-state index contributed by atoms with van der Waals surface area (Å²) in [6.07, 6.45) is 2.78. The van der Waals surface area contributed by atoms with Crippen LogP contribution in [-0.2, 0) is 6.54 Å². The van der Waals surface area contributed by atoms with Gasteiger partial charge in [-0.05, 0) is 19.1 Å². The van der Waals surface area contributed by atoms with Gasteiger partial charge in [0, 0.05) is 11.8 Å². The number of aromatic carboxylic acids is 1. The molecule has 22 heavy (non-hydrogen) atoms. The van der Waals surface area contributed by atoms with Gasteiger partial charge in [0.15, 0.2) is 0 Å². The van der Waals surface area contributed by atoms with E-state index < -0.39 is 5.97 Å². The standard InChI is InChI=1S/C14H12N2O2.2C2H6/c1-11-4-6-12(7-5-11)3-2-8-16-10-13(9-15-16)14(17)18;2*1-2/h4-7,9-10H,8H2,1H3,(H,17,18);2*1-2H3. The molecule has 0 spiro atoms. The number of carboxylic acid groups (broad SMARTS) is 1. The van der Waals surface area contributed by atoms with Crippen molar-refractivity contribution in [3.63, 3.8) is 0 Å². The van der Waals surface area contributed by atoms with E-state index in [1.165, 1.54) is 22.6 Å². The zero-order valence-electron chi connectivity index (χ0n) is 13.9. The first kappa shape index (κ1) is 19.5. The summed E-state index contributed by atoms with van der Waals surface area (Å²) in [5.74, 6) is 4.97. The Morgan fingerprint density at radius 1 is 1.18 bits per heavy atom. The molecule has 0 aliphatic heterocycles. The molecule has 0 aliphatic carbocycles. The fraction of sp³-hybridized carbons (Fsp3) is 0.333. The van der Waals surface area contributed by atoms with Gasteiger partial charge in [-0.2, -0.15) is 5.10 Å². The monoisotopic (exact) mass is 300 g/mol. The van der Waals surface area contributed by atoms with E-state index in [0.29, 0.717) is 6.54 Å². The SMILES string of the molecule is CC.CC.Cc1ccc(C#CCn2cc(C(=O)O)cn2)cc1. The number of aryl methyl sites for hydroxylation is 1. The molecule has 0 saturated heterocycles. The highest BCUT2D eigenvalue weighted by Gasteiger charge is 2.04. The Balaban J connectivity index is 0.00000102. The summed E-state index contributed by atoms with van der Waals surface area (Å²) in [5, 5.41) is 12.7. The Morgan fingerprint density at radius 2 is 1.77 bits per heavy atom. The highest BCUT2D eigenvalue weighted by molar-refractivity contribution is 5.86. The van der Waals surface area contributed by atoms with Gasteiger partial charge in [-0.15, -0.1) is 0 Å². The first-order valence-electron chi connectivity index (χ1n) is 7.46. The highest BCUT2D eigenvalue weighted by atomic mass is 16.4. The van der Waals surface area contributed by atoms with Gasteiger partial charge in [0.1, 0.15) is 6.54 Å². The van der Waals surface area contributed by atoms with Gasteiger partial charge < -0.3 is 5.11 Å². The second kappa shape index (κ2) is 11.2. The Hall–Kier alpha value is -2.54. The van der Waals surface area contributed by atoms with E-state index in [-0.39, 0.29) is 5.56 Å². The molecule has 1 heterocycles. The molecule has 0 saturated carbocycles. The summed E-state index contributed by atoms with van der Waals surface area (Å²) in [4.78, 5) is 10.7. The summed E-state index contributed by atoms with van der Waals surface area (Å²) in [7, 11) is 0. The topological polar surface area (TPSA) is 55.1 Å². The minimum Gasteiger partial charge on any atom is -0.478 e. The minimum absolute atomic E-state index is 0.173. The van der Waals surface area contributed by atoms with E-state index in [9.17, 15) is 4.79 Å². The normalized spacial score (nSPS) is 8.41. The van der Waals surface area contributed by atoms with Crippen LogP contribution in [0.15, 0.2) is 36.7 Å². The van der Waals surface area contributed by atoms with Crippen LogP contribution in [-0.4, -0.2) is 20.9 Å². The highest BCUT2D eigenvalue weighted by Crippen LogP contribution is 2.01. The second-order valence-corrected chi connectivity index (χ2v) is 3.90. The van der Waals surface area contributed by atoms with Crippen molar-refractivity contribution in [1.29, 1.82) is 0 Å². The molecular weight excluding hydrogens is 276 g/mol. The smallest absolute Gasteiger partial charge is 0.338 e. The Kier molecular flexibility index (Phi) is 9.87. The summed E-state index contributed by atoms with van der Waals surface area (Å²) in [6.45, 7) is 10.4. The van der Waals surface area contributed by atoms with Gasteiger partial charge in [0.2, 0.25) is 0 Å². The van der Waals surface area contributed by atoms with Crippen LogP contribution < -0.4 is 0 Å². The van der Waals surface area contributed by atoms with E-state index in [0.717, 1.165) is 5.56 Å². The Bertz CT molecular complexity index is 617. The van der Waals surface area contributed by atoms with E-state index in [1.54, 1.807) is 0 Å². The summed E-state index contributed by atoms with van der Waals surface area (Å²) in [6, 6.07) is 7.91. The van der Waals surface area contributed by atoms with Gasteiger partial charge >= 0.3 is 5.97 Å². The number of hydrogen-bond acceptors (Lipinski definition) is 2. The van der Waals surface area contributed by atoms with Crippen LogP contribution in [0.3, 0.4) is 0 Å². The average molecular weight is 300 g/mol. The first-order chi connectivity index (χ1) is 10.6. The van der Waals surface area contributed by atoms with Gasteiger partial charge in [-0.3, -0.25) is 4.68 Å². The van der Waals surface area contributed by atoms with Crippen LogP contribution in [0.5, 0.6) is 0 Å². The minimum atomic E-state index is -0.979. The fourth-order valence-corrected chi connectivity index (χ4v) is 1.42. The van der Waals surface area contributed by atoms with Crippen molar-refractivity contribution in [2.45, 2.75) is 41.2 Å². The maximum absolute atomic E-state index is 10.7. The molecule has 0 amide bonds. The van der Waals surface area contributed by atoms with Crippen molar-refractivity contribution in [3.8, 4) is 11.8 Å². The third-order valence-corrected chi connectivity index (χ3v) is 2.41. The molecule has 0 bridgehead atoms. The number of carbonyl (C=O) groups is 1. The van der Waals surface area contributed by atoms with Crippen LogP contribution in [0, 0.1) is 18.8 Å². The number of carboxylic acids is 1. The van der Waals surface area contributed by atoms with Crippen LogP contribution >= 0.6 is 0 Å². The molecule has 1 N–H and O–H groups in total. The third kappa shape index (κ3) is 6.76. The number of nitrogens with zero attached hydrogens (tertiary/aromatic N) is 2. The summed E-state index contributed by atoms with van der Waals surface area (Å²) in [5.41, 5.74) is 2.30. The number of hydrogen-bond donors (Lipinski definition) is 1. The van der Waals surface area contributed by atoms with Crippen molar-refractivity contribution in [3.05, 3.63) is 53.3 Å². The Morgan fingerprint density at radius 3 is 2.27 bits per heavy atom. The van der Waals surface area contributed by atoms with Crippen LogP contribution in [0.1, 0.15) is 49.2 Å². The number of benzene rings is 1. The van der Waals surface area contributed by atoms with Gasteiger partial charge in [-0.1, -0.05) is 57.2 Å². The fourth-order valence-electron chi connectivity index (χ4n) is 1.42. The van der Waals surface area contributed by atoms with Crippen molar-refractivity contribution in [1.82, 2.24) is 9.78 Å². The van der Waals surface area contributed by atoms with Gasteiger partial charge in [0.25, 0.3) is 0 Å². The largest absolute Gasteiger partial charge is 0.478 e. The van der Waals surface area contributed by atoms with Crippen molar-refractivity contribution in [2.24, 2.45) is 0 Å². The lowest BCUT2D eigenvalue weighted by atomic mass is 10.2. The lowest BCUT2D eigenvalue weighted by Crippen LogP contribution is -1.96. The molecule has 2 rings (SSSR count).